The summed E-state index contributed by atoms with van der Waals surface area (Å²) in [6.45, 7) is 3.30. The summed E-state index contributed by atoms with van der Waals surface area (Å²) in [5.41, 5.74) is 0. The van der Waals surface area contributed by atoms with Gasteiger partial charge >= 0.3 is 0 Å². The van der Waals surface area contributed by atoms with E-state index in [1.54, 1.807) is 0 Å². The fourth-order valence-corrected chi connectivity index (χ4v) is 1.41. The molecule has 5 heteroatoms. The molecule has 0 bridgehead atoms. The highest BCUT2D eigenvalue weighted by Gasteiger charge is 2.30. The van der Waals surface area contributed by atoms with Crippen LogP contribution >= 0.6 is 0 Å². The van der Waals surface area contributed by atoms with Crippen LogP contribution in [0, 0.1) is 0 Å². The summed E-state index contributed by atoms with van der Waals surface area (Å²) in [6, 6.07) is 0. The lowest BCUT2D eigenvalue weighted by Gasteiger charge is -2.26. The average Bonchev–Trinajstić information content (AvgIpc) is 1.76. The van der Waals surface area contributed by atoms with Gasteiger partial charge in [-0.25, -0.2) is 5.21 Å². The van der Waals surface area contributed by atoms with E-state index < -0.39 is 4.65 Å². The van der Waals surface area contributed by atoms with E-state index >= 15 is 0 Å². The summed E-state index contributed by atoms with van der Waals surface area (Å²) in [7, 11) is 0. The van der Waals surface area contributed by atoms with Crippen molar-refractivity contribution in [3.63, 3.8) is 0 Å². The number of ketones is 3. The van der Waals surface area contributed by atoms with Crippen LogP contribution in [0.2, 0.25) is 0 Å². The number of hydroxylamine groups is 3. The number of Topliss-reactive ketones (excluding diaryl/α,β-unsaturated/α-hetero) is 3. The van der Waals surface area contributed by atoms with Crippen LogP contribution in [0.25, 0.3) is 0 Å². The van der Waals surface area contributed by atoms with E-state index in [1.165, 1.54) is 20.8 Å². The predicted molar refractivity (Wildman–Crippen MR) is 48.7 cm³/mol. The van der Waals surface area contributed by atoms with Crippen molar-refractivity contribution >= 4 is 17.3 Å². The van der Waals surface area contributed by atoms with Crippen molar-refractivity contribution in [2.75, 3.05) is 19.6 Å². The highest BCUT2D eigenvalue weighted by Crippen LogP contribution is 2.02. The molecule has 0 heterocycles. The molecule has 0 atom stereocenters. The molecule has 0 radical (unpaired) electrons. The second-order valence-corrected chi connectivity index (χ2v) is 3.68. The zero-order valence-electron chi connectivity index (χ0n) is 8.74. The Morgan fingerprint density at radius 2 is 1.07 bits per heavy atom. The van der Waals surface area contributed by atoms with Crippen LogP contribution < -0.4 is 0 Å². The number of carbonyl (C=O) groups excluding carboxylic acids is 3. The van der Waals surface area contributed by atoms with E-state index in [0.717, 1.165) is 0 Å². The lowest BCUT2D eigenvalue weighted by molar-refractivity contribution is -1.08. The molecule has 0 amide bonds. The van der Waals surface area contributed by atoms with Gasteiger partial charge in [0.25, 0.3) is 0 Å². The van der Waals surface area contributed by atoms with Crippen molar-refractivity contribution in [1.82, 2.24) is 0 Å². The SMILES string of the molecule is CC(=O)C[N+](O)(CC(C)=O)CC(C)=O. The minimum atomic E-state index is -0.806. The molecule has 0 rings (SSSR count). The van der Waals surface area contributed by atoms with Gasteiger partial charge < -0.3 is 0 Å². The van der Waals surface area contributed by atoms with Crippen molar-refractivity contribution in [1.29, 1.82) is 0 Å². The molecular formula is C9H16NO4+. The molecule has 0 aromatic heterocycles. The fourth-order valence-electron chi connectivity index (χ4n) is 1.41. The van der Waals surface area contributed by atoms with Crippen LogP contribution in [0.1, 0.15) is 20.8 Å². The molecule has 1 N–H and O–H groups in total. The first-order valence-corrected chi connectivity index (χ1v) is 4.32. The standard InChI is InChI=1S/C9H16NO4/c1-7(11)4-10(14,5-8(2)12)6-9(3)13/h14H,4-6H2,1-3H3/q+1. The quantitative estimate of drug-likeness (QED) is 0.484. The molecule has 80 valence electrons. The molecule has 0 aromatic carbocycles. The number of nitrogens with zero attached hydrogens (tertiary/aromatic N) is 1. The number of quaternary nitrogens is 1. The third-order valence-electron chi connectivity index (χ3n) is 1.55. The van der Waals surface area contributed by atoms with Crippen molar-refractivity contribution in [2.45, 2.75) is 20.8 Å². The molecule has 0 aliphatic heterocycles. The second-order valence-electron chi connectivity index (χ2n) is 3.68. The lowest BCUT2D eigenvalue weighted by Crippen LogP contribution is -2.53. The van der Waals surface area contributed by atoms with Crippen LogP contribution in [0.15, 0.2) is 0 Å². The van der Waals surface area contributed by atoms with Gasteiger partial charge in [0.05, 0.1) is 0 Å². The third-order valence-corrected chi connectivity index (χ3v) is 1.55. The van der Waals surface area contributed by atoms with Crippen LogP contribution in [0.4, 0.5) is 0 Å². The maximum atomic E-state index is 10.8. The number of hydrogen-bond acceptors (Lipinski definition) is 4. The van der Waals surface area contributed by atoms with E-state index in [-0.39, 0.29) is 37.0 Å². The Bertz CT molecular complexity index is 219. The molecule has 14 heavy (non-hydrogen) atoms. The van der Waals surface area contributed by atoms with Crippen molar-refractivity contribution in [3.05, 3.63) is 0 Å². The number of carbonyl (C=O) groups is 3. The summed E-state index contributed by atoms with van der Waals surface area (Å²) in [5.74, 6) is -0.764. The van der Waals surface area contributed by atoms with Crippen molar-refractivity contribution < 1.29 is 24.2 Å². The van der Waals surface area contributed by atoms with Crippen LogP contribution in [0.3, 0.4) is 0 Å². The summed E-state index contributed by atoms with van der Waals surface area (Å²) in [5, 5.41) is 9.80. The highest BCUT2D eigenvalue weighted by atomic mass is 16.5. The highest BCUT2D eigenvalue weighted by molar-refractivity contribution is 5.81. The molecule has 0 aromatic rings. The smallest absolute Gasteiger partial charge is 0.186 e. The Labute approximate surface area is 82.9 Å². The lowest BCUT2D eigenvalue weighted by atomic mass is 10.3. The second kappa shape index (κ2) is 4.97. The molecule has 0 saturated carbocycles. The topological polar surface area (TPSA) is 71.4 Å². The molecule has 0 aliphatic rings. The van der Waals surface area contributed by atoms with E-state index in [4.69, 9.17) is 0 Å². The Morgan fingerprint density at radius 3 is 1.21 bits per heavy atom. The van der Waals surface area contributed by atoms with Gasteiger partial charge in [0.1, 0.15) is 0 Å². The molecule has 0 unspecified atom stereocenters. The largest absolute Gasteiger partial charge is 0.294 e. The van der Waals surface area contributed by atoms with E-state index in [1.807, 2.05) is 0 Å². The van der Waals surface area contributed by atoms with Gasteiger partial charge in [0.15, 0.2) is 37.0 Å². The first-order valence-electron chi connectivity index (χ1n) is 4.32. The maximum Gasteiger partial charge on any atom is 0.186 e. The molecule has 0 aliphatic carbocycles. The molecule has 0 spiro atoms. The van der Waals surface area contributed by atoms with Gasteiger partial charge in [-0.3, -0.25) is 14.4 Å². The number of hydrogen-bond donors (Lipinski definition) is 1. The molecule has 0 saturated heterocycles. The summed E-state index contributed by atoms with van der Waals surface area (Å²) < 4.78 is -0.806. The predicted octanol–water partition coefficient (Wildman–Crippen LogP) is -0.0406. The Balaban J connectivity index is 4.56. The monoisotopic (exact) mass is 202 g/mol. The Kier molecular flexibility index (Phi) is 4.59. The fraction of sp³-hybridized carbons (Fsp3) is 0.667. The van der Waals surface area contributed by atoms with Gasteiger partial charge in [-0.2, -0.15) is 4.65 Å². The van der Waals surface area contributed by atoms with Gasteiger partial charge in [0, 0.05) is 20.8 Å². The van der Waals surface area contributed by atoms with Crippen molar-refractivity contribution in [2.24, 2.45) is 0 Å². The molecule has 0 fully saturated rings. The Hall–Kier alpha value is -1.07. The maximum absolute atomic E-state index is 10.8. The Morgan fingerprint density at radius 1 is 0.857 bits per heavy atom. The van der Waals surface area contributed by atoms with Gasteiger partial charge in [-0.15, -0.1) is 0 Å². The molecule has 5 nitrogen and oxygen atoms in total. The normalized spacial score (nSPS) is 11.1. The third kappa shape index (κ3) is 5.55. The zero-order chi connectivity index (χ0) is 11.4. The first-order chi connectivity index (χ1) is 6.25. The van der Waals surface area contributed by atoms with E-state index in [2.05, 4.69) is 0 Å². The zero-order valence-corrected chi connectivity index (χ0v) is 8.74. The molecular weight excluding hydrogens is 186 g/mol. The summed E-state index contributed by atoms with van der Waals surface area (Å²) in [4.78, 5) is 32.5. The van der Waals surface area contributed by atoms with Crippen LogP contribution in [0.5, 0.6) is 0 Å². The summed E-state index contributed by atoms with van der Waals surface area (Å²) >= 11 is 0. The van der Waals surface area contributed by atoms with Crippen molar-refractivity contribution in [3.8, 4) is 0 Å². The van der Waals surface area contributed by atoms with Crippen LogP contribution in [-0.2, 0) is 14.4 Å². The minimum absolute atomic E-state index is 0.209. The minimum Gasteiger partial charge on any atom is -0.294 e. The van der Waals surface area contributed by atoms with E-state index in [0.29, 0.717) is 0 Å². The average molecular weight is 202 g/mol. The number of rotatable bonds is 6. The first kappa shape index (κ1) is 12.9. The van der Waals surface area contributed by atoms with Crippen LogP contribution in [-0.4, -0.2) is 46.8 Å². The van der Waals surface area contributed by atoms with Gasteiger partial charge in [-0.1, -0.05) is 0 Å². The van der Waals surface area contributed by atoms with Gasteiger partial charge in [-0.05, 0) is 0 Å². The van der Waals surface area contributed by atoms with E-state index in [9.17, 15) is 19.6 Å². The summed E-state index contributed by atoms with van der Waals surface area (Å²) in [6.07, 6.45) is 0. The van der Waals surface area contributed by atoms with Gasteiger partial charge in [0.2, 0.25) is 0 Å².